The molecule has 1 unspecified atom stereocenters. The first kappa shape index (κ1) is 45.6. The van der Waals surface area contributed by atoms with Gasteiger partial charge in [0.25, 0.3) is 0 Å². The van der Waals surface area contributed by atoms with Crippen molar-refractivity contribution in [1.29, 1.82) is 0 Å². The molecule has 64 heavy (non-hydrogen) atoms. The van der Waals surface area contributed by atoms with E-state index in [2.05, 4.69) is 16.0 Å². The van der Waals surface area contributed by atoms with Gasteiger partial charge in [0.1, 0.15) is 52.5 Å². The zero-order valence-corrected chi connectivity index (χ0v) is 38.9. The molecule has 2 aliphatic heterocycles. The minimum atomic E-state index is -4.13. The highest BCUT2D eigenvalue weighted by atomic mass is 32.1. The second-order valence-corrected chi connectivity index (χ2v) is 21.4. The highest BCUT2D eigenvalue weighted by Gasteiger charge is 2.66. The smallest absolute Gasteiger partial charge is 0.408 e. The third-order valence-corrected chi connectivity index (χ3v) is 16.6. The Morgan fingerprint density at radius 2 is 1.69 bits per heavy atom. The van der Waals surface area contributed by atoms with E-state index in [1.165, 1.54) is 23.3 Å². The first-order valence-corrected chi connectivity index (χ1v) is 25.5. The van der Waals surface area contributed by atoms with Crippen molar-refractivity contribution in [3.8, 4) is 28.6 Å². The number of alkyl carbamates (subject to hydrolysis) is 1. The van der Waals surface area contributed by atoms with Crippen LogP contribution in [0.3, 0.4) is 0 Å². The van der Waals surface area contributed by atoms with Crippen molar-refractivity contribution in [3.63, 3.8) is 0 Å². The maximum absolute atomic E-state index is 14.9. The maximum atomic E-state index is 14.9. The standard InChI is InChI=1S/C47H61N6O9PS/c1-29(2)48-45-50-39(28-64-45)38-24-42(35-21-20-33(59-3)22-37(35)49-38)61-34-23-40-43(54)52-47(63(57,58)27-30-14-10-13-19-41(30)60-4)25-31(47)15-8-6-5-7-9-18-36(44(55)53(40)26-34)51-46(56)62-32-16-11-12-17-32/h10,13-14,19-22,24,28-29,31-32,34,36,40H,5-9,11-12,15-18,23,25-27H2,1-4H3,(H,48,50)(H,51,56)(H,52,54)(H,57,58)/t31-,34-,36+,40+,47+/m1/s1. The normalized spacial score (nSPS) is 25.3. The fourth-order valence-corrected chi connectivity index (χ4v) is 13.0. The lowest BCUT2D eigenvalue weighted by atomic mass is 10.0. The van der Waals surface area contributed by atoms with Gasteiger partial charge < -0.3 is 44.7 Å². The highest BCUT2D eigenvalue weighted by Crippen LogP contribution is 2.72. The lowest BCUT2D eigenvalue weighted by molar-refractivity contribution is -0.140. The Hall–Kier alpha value is -4.92. The van der Waals surface area contributed by atoms with E-state index < -0.39 is 48.7 Å². The van der Waals surface area contributed by atoms with Crippen molar-refractivity contribution < 1.29 is 42.8 Å². The fourth-order valence-electron chi connectivity index (χ4n) is 9.68. The third kappa shape index (κ3) is 10.1. The molecule has 2 aromatic heterocycles. The SMILES string of the molecule is COc1ccc2c(O[C@@H]3C[C@H]4C(=O)N[C@]5(P(=O)(O)Cc6ccccc6OC)C[C@H]5CCCCCCC[C@H](NC(=O)OC5CCCC5)C(=O)N4C3)cc(-c3csc(NC(C)C)n3)nc2c1. The van der Waals surface area contributed by atoms with Crippen LogP contribution in [0.15, 0.2) is 53.9 Å². The molecule has 0 bridgehead atoms. The van der Waals surface area contributed by atoms with Crippen LogP contribution < -0.4 is 30.2 Å². The van der Waals surface area contributed by atoms with E-state index >= 15 is 0 Å². The number of rotatable bonds is 12. The molecule has 15 nitrogen and oxygen atoms in total. The number of carbonyl (C=O) groups is 3. The molecule has 2 aliphatic carbocycles. The number of amides is 3. The summed E-state index contributed by atoms with van der Waals surface area (Å²) in [4.78, 5) is 66.5. The number of para-hydroxylation sites is 1. The van der Waals surface area contributed by atoms with Crippen molar-refractivity contribution in [1.82, 2.24) is 25.5 Å². The summed E-state index contributed by atoms with van der Waals surface area (Å²) in [7, 11) is -1.01. The fraction of sp³-hybridized carbons (Fsp3) is 0.553. The van der Waals surface area contributed by atoms with Gasteiger partial charge in [-0.15, -0.1) is 11.3 Å². The summed E-state index contributed by atoms with van der Waals surface area (Å²) in [5.74, 6) is 0.423. The highest BCUT2D eigenvalue weighted by molar-refractivity contribution is 7.59. The van der Waals surface area contributed by atoms with Gasteiger partial charge in [-0.05, 0) is 82.9 Å². The Kier molecular flexibility index (Phi) is 14.0. The van der Waals surface area contributed by atoms with Crippen LogP contribution in [0, 0.1) is 5.92 Å². The minimum Gasteiger partial charge on any atom is -0.497 e. The van der Waals surface area contributed by atoms with Gasteiger partial charge in [0.05, 0.1) is 38.1 Å². The molecular weight excluding hydrogens is 856 g/mol. The van der Waals surface area contributed by atoms with Crippen molar-refractivity contribution in [3.05, 3.63) is 59.5 Å². The van der Waals surface area contributed by atoms with E-state index in [9.17, 15) is 23.8 Å². The van der Waals surface area contributed by atoms with Crippen LogP contribution in [-0.4, -0.2) is 94.0 Å². The molecule has 344 valence electrons. The predicted octanol–water partition coefficient (Wildman–Crippen LogP) is 8.63. The van der Waals surface area contributed by atoms with Gasteiger partial charge in [0.2, 0.25) is 19.2 Å². The van der Waals surface area contributed by atoms with E-state index in [0.717, 1.165) is 56.5 Å². The predicted molar refractivity (Wildman–Crippen MR) is 246 cm³/mol. The largest absolute Gasteiger partial charge is 0.497 e. The molecule has 6 atom stereocenters. The number of carbonyl (C=O) groups excluding carboxylic acids is 3. The van der Waals surface area contributed by atoms with Gasteiger partial charge in [0, 0.05) is 40.9 Å². The number of ether oxygens (including phenoxy) is 4. The summed E-state index contributed by atoms with van der Waals surface area (Å²) in [6.45, 7) is 4.11. The molecule has 0 radical (unpaired) electrons. The second kappa shape index (κ2) is 19.7. The number of hydrogen-bond donors (Lipinski definition) is 4. The molecule has 4 aliphatic rings. The molecule has 4 heterocycles. The Bertz CT molecular complexity index is 2370. The van der Waals surface area contributed by atoms with Gasteiger partial charge in [-0.3, -0.25) is 14.2 Å². The van der Waals surface area contributed by atoms with Crippen molar-refractivity contribution in [2.45, 2.75) is 139 Å². The van der Waals surface area contributed by atoms with Gasteiger partial charge in [-0.2, -0.15) is 0 Å². The Morgan fingerprint density at radius 3 is 2.45 bits per heavy atom. The monoisotopic (exact) mass is 916 g/mol. The minimum absolute atomic E-state index is 0.0235. The lowest BCUT2D eigenvalue weighted by Crippen LogP contribution is -2.55. The van der Waals surface area contributed by atoms with Crippen LogP contribution in [-0.2, 0) is 25.1 Å². The summed E-state index contributed by atoms with van der Waals surface area (Å²) in [5, 5.41) is 11.4. The molecule has 8 rings (SSSR count). The summed E-state index contributed by atoms with van der Waals surface area (Å²) in [6.07, 6.45) is 7.48. The summed E-state index contributed by atoms with van der Waals surface area (Å²) < 4.78 is 38.5. The summed E-state index contributed by atoms with van der Waals surface area (Å²) in [6, 6.07) is 12.6. The number of methoxy groups -OCH3 is 2. The van der Waals surface area contributed by atoms with Crippen molar-refractivity contribution in [2.24, 2.45) is 5.92 Å². The van der Waals surface area contributed by atoms with E-state index in [4.69, 9.17) is 28.9 Å². The number of nitrogens with one attached hydrogen (secondary N) is 3. The van der Waals surface area contributed by atoms with Crippen molar-refractivity contribution >= 4 is 52.6 Å². The van der Waals surface area contributed by atoms with Crippen LogP contribution in [0.5, 0.6) is 17.2 Å². The number of hydrogen-bond acceptors (Lipinski definition) is 12. The molecule has 2 aromatic carbocycles. The van der Waals surface area contributed by atoms with Crippen LogP contribution in [0.4, 0.5) is 9.93 Å². The summed E-state index contributed by atoms with van der Waals surface area (Å²) >= 11 is 1.47. The molecule has 4 N–H and O–H groups in total. The zero-order chi connectivity index (χ0) is 45.0. The topological polar surface area (TPSA) is 191 Å². The number of fused-ring (bicyclic) bond motifs is 3. The zero-order valence-electron chi connectivity index (χ0n) is 37.2. The first-order valence-electron chi connectivity index (χ1n) is 22.8. The second-order valence-electron chi connectivity index (χ2n) is 18.0. The Balaban J connectivity index is 1.13. The van der Waals surface area contributed by atoms with Gasteiger partial charge >= 0.3 is 6.09 Å². The molecule has 2 saturated carbocycles. The number of anilines is 1. The van der Waals surface area contributed by atoms with E-state index in [1.54, 1.807) is 25.3 Å². The quantitative estimate of drug-likeness (QED) is 0.0992. The van der Waals surface area contributed by atoms with E-state index in [-0.39, 0.29) is 37.2 Å². The van der Waals surface area contributed by atoms with E-state index in [1.807, 2.05) is 49.6 Å². The first-order chi connectivity index (χ1) is 30.9. The molecule has 4 fully saturated rings. The Labute approximate surface area is 378 Å². The molecule has 17 heteroatoms. The number of aromatic nitrogens is 2. The lowest BCUT2D eigenvalue weighted by Gasteiger charge is -2.31. The molecule has 3 amide bonds. The Morgan fingerprint density at radius 1 is 0.938 bits per heavy atom. The molecule has 4 aromatic rings. The van der Waals surface area contributed by atoms with Crippen LogP contribution in [0.2, 0.25) is 0 Å². The van der Waals surface area contributed by atoms with Crippen LogP contribution in [0.1, 0.15) is 103 Å². The van der Waals surface area contributed by atoms with Gasteiger partial charge in [0.15, 0.2) is 5.13 Å². The van der Waals surface area contributed by atoms with Gasteiger partial charge in [-0.1, -0.05) is 50.3 Å². The van der Waals surface area contributed by atoms with Crippen LogP contribution in [0.25, 0.3) is 22.3 Å². The van der Waals surface area contributed by atoms with Gasteiger partial charge in [-0.25, -0.2) is 14.8 Å². The number of pyridine rings is 1. The van der Waals surface area contributed by atoms with Crippen LogP contribution >= 0.6 is 18.7 Å². The average molecular weight is 917 g/mol. The summed E-state index contributed by atoms with van der Waals surface area (Å²) in [5.41, 5.74) is 2.42. The molecule has 0 spiro atoms. The van der Waals surface area contributed by atoms with E-state index in [0.29, 0.717) is 70.8 Å². The number of thiazole rings is 1. The number of benzene rings is 2. The third-order valence-electron chi connectivity index (χ3n) is 13.1. The molecule has 2 saturated heterocycles. The molecular formula is C47H61N6O9PS. The average Bonchev–Trinajstić information content (AvgIpc) is 3.69. The maximum Gasteiger partial charge on any atom is 0.408 e. The number of nitrogens with zero attached hydrogens (tertiary/aromatic N) is 3. The van der Waals surface area contributed by atoms with Crippen molar-refractivity contribution in [2.75, 3.05) is 26.1 Å².